The van der Waals surface area contributed by atoms with Gasteiger partial charge in [-0.05, 0) is 12.3 Å². The highest BCUT2D eigenvalue weighted by Gasteiger charge is 2.24. The van der Waals surface area contributed by atoms with Crippen molar-refractivity contribution in [2.75, 3.05) is 19.9 Å². The Bertz CT molecular complexity index is 481. The van der Waals surface area contributed by atoms with Crippen LogP contribution in [0.1, 0.15) is 42.2 Å². The standard InChI is InChI=1S/C13H20ClN3O3/c1-8(2)11-10(12(14)17(3)16-11)13(18)15-6-9-4-5-19-7-20-9/h8-9H,4-7H2,1-3H3,(H,15,18). The van der Waals surface area contributed by atoms with E-state index in [-0.39, 0.29) is 24.7 Å². The van der Waals surface area contributed by atoms with Crippen molar-refractivity contribution in [3.63, 3.8) is 0 Å². The van der Waals surface area contributed by atoms with Crippen LogP contribution in [0.4, 0.5) is 0 Å². The van der Waals surface area contributed by atoms with E-state index in [1.807, 2.05) is 13.8 Å². The summed E-state index contributed by atoms with van der Waals surface area (Å²) in [6.45, 7) is 5.36. The number of aromatic nitrogens is 2. The molecule has 1 aromatic rings. The minimum atomic E-state index is -0.207. The van der Waals surface area contributed by atoms with E-state index >= 15 is 0 Å². The summed E-state index contributed by atoms with van der Waals surface area (Å²) in [5.74, 6) is -0.0735. The Labute approximate surface area is 123 Å². The predicted molar refractivity (Wildman–Crippen MR) is 74.9 cm³/mol. The number of hydrogen-bond acceptors (Lipinski definition) is 4. The molecule has 1 amide bonds. The molecule has 0 saturated carbocycles. The van der Waals surface area contributed by atoms with Gasteiger partial charge in [-0.3, -0.25) is 9.48 Å². The Balaban J connectivity index is 2.04. The fraction of sp³-hybridized carbons (Fsp3) is 0.692. The maximum atomic E-state index is 12.3. The number of carbonyl (C=O) groups is 1. The highest BCUT2D eigenvalue weighted by Crippen LogP contribution is 2.25. The molecule has 112 valence electrons. The number of ether oxygens (including phenoxy) is 2. The van der Waals surface area contributed by atoms with E-state index in [0.29, 0.717) is 29.6 Å². The molecule has 6 nitrogen and oxygen atoms in total. The van der Waals surface area contributed by atoms with Crippen LogP contribution in [0.3, 0.4) is 0 Å². The summed E-state index contributed by atoms with van der Waals surface area (Å²) in [6, 6.07) is 0. The molecule has 0 spiro atoms. The topological polar surface area (TPSA) is 65.4 Å². The van der Waals surface area contributed by atoms with Gasteiger partial charge in [-0.2, -0.15) is 5.10 Å². The first-order chi connectivity index (χ1) is 9.50. The van der Waals surface area contributed by atoms with E-state index in [1.54, 1.807) is 7.05 Å². The summed E-state index contributed by atoms with van der Waals surface area (Å²) in [5.41, 5.74) is 1.17. The number of nitrogens with zero attached hydrogens (tertiary/aromatic N) is 2. The number of carbonyl (C=O) groups excluding carboxylic acids is 1. The Hall–Kier alpha value is -1.11. The molecule has 7 heteroatoms. The zero-order valence-corrected chi connectivity index (χ0v) is 12.7. The van der Waals surface area contributed by atoms with Crippen molar-refractivity contribution in [1.82, 2.24) is 15.1 Å². The first-order valence-electron chi connectivity index (χ1n) is 6.70. The Morgan fingerprint density at radius 3 is 2.95 bits per heavy atom. The van der Waals surface area contributed by atoms with Crippen LogP contribution in [0.5, 0.6) is 0 Å². The monoisotopic (exact) mass is 301 g/mol. The van der Waals surface area contributed by atoms with Gasteiger partial charge in [-0.1, -0.05) is 25.4 Å². The summed E-state index contributed by atoms with van der Waals surface area (Å²) in [6.07, 6.45) is 0.767. The van der Waals surface area contributed by atoms with Crippen LogP contribution in [-0.4, -0.2) is 41.7 Å². The molecule has 0 aromatic carbocycles. The van der Waals surface area contributed by atoms with Crippen molar-refractivity contribution >= 4 is 17.5 Å². The van der Waals surface area contributed by atoms with E-state index in [9.17, 15) is 4.79 Å². The lowest BCUT2D eigenvalue weighted by Gasteiger charge is -2.22. The first-order valence-corrected chi connectivity index (χ1v) is 7.08. The van der Waals surface area contributed by atoms with Gasteiger partial charge < -0.3 is 14.8 Å². The third-order valence-electron chi connectivity index (χ3n) is 3.24. The number of rotatable bonds is 4. The van der Waals surface area contributed by atoms with Crippen LogP contribution in [-0.2, 0) is 16.5 Å². The second-order valence-electron chi connectivity index (χ2n) is 5.14. The molecule has 0 aliphatic carbocycles. The average molecular weight is 302 g/mol. The molecule has 0 bridgehead atoms. The molecule has 20 heavy (non-hydrogen) atoms. The Morgan fingerprint density at radius 1 is 1.60 bits per heavy atom. The van der Waals surface area contributed by atoms with Crippen LogP contribution in [0, 0.1) is 0 Å². The lowest BCUT2D eigenvalue weighted by Crippen LogP contribution is -2.37. The fourth-order valence-electron chi connectivity index (χ4n) is 2.09. The summed E-state index contributed by atoms with van der Waals surface area (Å²) >= 11 is 6.16. The van der Waals surface area contributed by atoms with Gasteiger partial charge in [0.2, 0.25) is 0 Å². The van der Waals surface area contributed by atoms with Crippen LogP contribution < -0.4 is 5.32 Å². The van der Waals surface area contributed by atoms with Gasteiger partial charge in [0.15, 0.2) is 0 Å². The van der Waals surface area contributed by atoms with Gasteiger partial charge in [0, 0.05) is 13.6 Å². The quantitative estimate of drug-likeness (QED) is 0.919. The third kappa shape index (κ3) is 3.31. The van der Waals surface area contributed by atoms with Crippen molar-refractivity contribution in [1.29, 1.82) is 0 Å². The molecule has 1 aliphatic rings. The van der Waals surface area contributed by atoms with Gasteiger partial charge in [0.25, 0.3) is 5.91 Å². The molecule has 2 heterocycles. The SMILES string of the molecule is CC(C)c1nn(C)c(Cl)c1C(=O)NCC1CCOCO1. The zero-order valence-electron chi connectivity index (χ0n) is 12.0. The number of hydrogen-bond donors (Lipinski definition) is 1. The van der Waals surface area contributed by atoms with E-state index in [1.165, 1.54) is 4.68 Å². The first kappa shape index (κ1) is 15.3. The lowest BCUT2D eigenvalue weighted by atomic mass is 10.1. The Kier molecular flexibility index (Phi) is 5.01. The maximum absolute atomic E-state index is 12.3. The molecular formula is C13H20ClN3O3. The molecular weight excluding hydrogens is 282 g/mol. The number of amides is 1. The van der Waals surface area contributed by atoms with E-state index in [4.69, 9.17) is 21.1 Å². The van der Waals surface area contributed by atoms with Gasteiger partial charge in [-0.15, -0.1) is 0 Å². The summed E-state index contributed by atoms with van der Waals surface area (Å²) in [4.78, 5) is 12.3. The largest absolute Gasteiger partial charge is 0.355 e. The van der Waals surface area contributed by atoms with Gasteiger partial charge in [0.1, 0.15) is 11.9 Å². The molecule has 1 aliphatic heterocycles. The second-order valence-corrected chi connectivity index (χ2v) is 5.50. The highest BCUT2D eigenvalue weighted by molar-refractivity contribution is 6.33. The smallest absolute Gasteiger partial charge is 0.256 e. The molecule has 1 fully saturated rings. The van der Waals surface area contributed by atoms with Gasteiger partial charge >= 0.3 is 0 Å². The van der Waals surface area contributed by atoms with E-state index in [0.717, 1.165) is 6.42 Å². The molecule has 2 rings (SSSR count). The van der Waals surface area contributed by atoms with Crippen molar-refractivity contribution in [3.05, 3.63) is 16.4 Å². The highest BCUT2D eigenvalue weighted by atomic mass is 35.5. The van der Waals surface area contributed by atoms with Crippen molar-refractivity contribution in [3.8, 4) is 0 Å². The van der Waals surface area contributed by atoms with Crippen LogP contribution in [0.2, 0.25) is 5.15 Å². The minimum Gasteiger partial charge on any atom is -0.355 e. The molecule has 1 aromatic heterocycles. The molecule has 1 atom stereocenters. The third-order valence-corrected chi connectivity index (χ3v) is 3.67. The number of halogens is 1. The van der Waals surface area contributed by atoms with E-state index in [2.05, 4.69) is 10.4 Å². The Morgan fingerprint density at radius 2 is 2.35 bits per heavy atom. The normalized spacial score (nSPS) is 19.4. The molecule has 0 radical (unpaired) electrons. The van der Waals surface area contributed by atoms with Crippen molar-refractivity contribution in [2.45, 2.75) is 32.3 Å². The molecule has 1 unspecified atom stereocenters. The predicted octanol–water partition coefficient (Wildman–Crippen LogP) is 1.69. The molecule has 1 saturated heterocycles. The van der Waals surface area contributed by atoms with Crippen molar-refractivity contribution in [2.24, 2.45) is 7.05 Å². The maximum Gasteiger partial charge on any atom is 0.256 e. The molecule has 1 N–H and O–H groups in total. The average Bonchev–Trinajstić information content (AvgIpc) is 2.74. The van der Waals surface area contributed by atoms with Crippen LogP contribution >= 0.6 is 11.6 Å². The summed E-state index contributed by atoms with van der Waals surface area (Å²) < 4.78 is 12.0. The van der Waals surface area contributed by atoms with E-state index < -0.39 is 0 Å². The van der Waals surface area contributed by atoms with Gasteiger partial charge in [-0.25, -0.2) is 0 Å². The van der Waals surface area contributed by atoms with Crippen LogP contribution in [0.15, 0.2) is 0 Å². The zero-order chi connectivity index (χ0) is 14.7. The van der Waals surface area contributed by atoms with Gasteiger partial charge in [0.05, 0.1) is 24.0 Å². The van der Waals surface area contributed by atoms with Crippen molar-refractivity contribution < 1.29 is 14.3 Å². The fourth-order valence-corrected chi connectivity index (χ4v) is 2.31. The van der Waals surface area contributed by atoms with Crippen LogP contribution in [0.25, 0.3) is 0 Å². The number of aryl methyl sites for hydroxylation is 1. The summed E-state index contributed by atoms with van der Waals surface area (Å²) in [7, 11) is 1.73. The second kappa shape index (κ2) is 6.56. The number of nitrogens with one attached hydrogen (secondary N) is 1. The summed E-state index contributed by atoms with van der Waals surface area (Å²) in [5, 5.41) is 7.52. The minimum absolute atomic E-state index is 0.00866. The lowest BCUT2D eigenvalue weighted by molar-refractivity contribution is -0.136.